The van der Waals surface area contributed by atoms with Crippen molar-refractivity contribution in [3.8, 4) is 5.88 Å². The van der Waals surface area contributed by atoms with Crippen molar-refractivity contribution in [3.05, 3.63) is 25.4 Å². The lowest BCUT2D eigenvalue weighted by atomic mass is 10.1. The van der Waals surface area contributed by atoms with Gasteiger partial charge in [0.05, 0.1) is 21.6 Å². The summed E-state index contributed by atoms with van der Waals surface area (Å²) in [6.45, 7) is 0.605. The minimum atomic E-state index is -0.413. The highest BCUT2D eigenvalue weighted by atomic mass is 127. The predicted octanol–water partition coefficient (Wildman–Crippen LogP) is 1.43. The third-order valence-corrected chi connectivity index (χ3v) is 3.34. The normalized spacial score (nSPS) is 12.5. The van der Waals surface area contributed by atoms with Crippen LogP contribution in [0.4, 0.5) is 5.69 Å². The summed E-state index contributed by atoms with van der Waals surface area (Å²) in [4.78, 5) is 17.0. The lowest BCUT2D eigenvalue weighted by Gasteiger charge is -2.20. The van der Waals surface area contributed by atoms with Crippen LogP contribution in [0.1, 0.15) is 11.7 Å². The Kier molecular flexibility index (Phi) is 5.88. The monoisotopic (exact) mass is 380 g/mol. The van der Waals surface area contributed by atoms with Gasteiger partial charge in [0.1, 0.15) is 5.69 Å². The molecule has 0 aliphatic heterocycles. The Balaban J connectivity index is 3.32. The van der Waals surface area contributed by atoms with E-state index in [1.54, 1.807) is 7.05 Å². The van der Waals surface area contributed by atoms with E-state index in [9.17, 15) is 10.1 Å². The van der Waals surface area contributed by atoms with Crippen LogP contribution in [0.3, 0.4) is 0 Å². The SMILES string of the molecule is CNC(CN(C)C)c1nc(OC)c(I)cc1[N+](=O)[O-]. The predicted molar refractivity (Wildman–Crippen MR) is 80.5 cm³/mol. The average molecular weight is 380 g/mol. The van der Waals surface area contributed by atoms with E-state index < -0.39 is 4.92 Å². The van der Waals surface area contributed by atoms with Gasteiger partial charge in [-0.15, -0.1) is 0 Å². The molecule has 106 valence electrons. The van der Waals surface area contributed by atoms with Crippen molar-refractivity contribution in [1.29, 1.82) is 0 Å². The van der Waals surface area contributed by atoms with Crippen LogP contribution in [0.15, 0.2) is 6.07 Å². The van der Waals surface area contributed by atoms with Gasteiger partial charge in [-0.3, -0.25) is 10.1 Å². The fraction of sp³-hybridized carbons (Fsp3) is 0.545. The molecule has 1 rings (SSSR count). The number of nitrogens with one attached hydrogen (secondary N) is 1. The first kappa shape index (κ1) is 16.1. The molecule has 0 bridgehead atoms. The fourth-order valence-corrected chi connectivity index (χ4v) is 2.34. The van der Waals surface area contributed by atoms with E-state index in [-0.39, 0.29) is 11.7 Å². The van der Waals surface area contributed by atoms with Crippen molar-refractivity contribution in [2.45, 2.75) is 6.04 Å². The number of aromatic nitrogens is 1. The Bertz CT molecular complexity index is 467. The summed E-state index contributed by atoms with van der Waals surface area (Å²) in [6.07, 6.45) is 0. The minimum Gasteiger partial charge on any atom is -0.480 e. The molecular weight excluding hydrogens is 363 g/mol. The van der Waals surface area contributed by atoms with Crippen molar-refractivity contribution in [1.82, 2.24) is 15.2 Å². The lowest BCUT2D eigenvalue weighted by Crippen LogP contribution is -2.30. The summed E-state index contributed by atoms with van der Waals surface area (Å²) in [5, 5.41) is 14.2. The van der Waals surface area contributed by atoms with Crippen LogP contribution in [0.5, 0.6) is 5.88 Å². The van der Waals surface area contributed by atoms with Crippen LogP contribution < -0.4 is 10.1 Å². The summed E-state index contributed by atoms with van der Waals surface area (Å²) in [7, 11) is 7.06. The Morgan fingerprint density at radius 1 is 1.63 bits per heavy atom. The van der Waals surface area contributed by atoms with Gasteiger partial charge in [0, 0.05) is 12.6 Å². The number of methoxy groups -OCH3 is 1. The van der Waals surface area contributed by atoms with Gasteiger partial charge in [0.2, 0.25) is 5.88 Å². The Morgan fingerprint density at radius 3 is 2.68 bits per heavy atom. The molecule has 0 saturated carbocycles. The number of nitrogens with zero attached hydrogens (tertiary/aromatic N) is 3. The van der Waals surface area contributed by atoms with Crippen LogP contribution in [0, 0.1) is 13.7 Å². The van der Waals surface area contributed by atoms with Gasteiger partial charge in [-0.1, -0.05) is 0 Å². The molecule has 1 N–H and O–H groups in total. The molecule has 0 saturated heterocycles. The van der Waals surface area contributed by atoms with E-state index in [1.165, 1.54) is 13.2 Å². The van der Waals surface area contributed by atoms with Gasteiger partial charge < -0.3 is 15.0 Å². The summed E-state index contributed by atoms with van der Waals surface area (Å²) < 4.78 is 5.76. The van der Waals surface area contributed by atoms with Gasteiger partial charge in [-0.25, -0.2) is 4.98 Å². The van der Waals surface area contributed by atoms with Crippen LogP contribution in [0.2, 0.25) is 0 Å². The first-order valence-electron chi connectivity index (χ1n) is 5.61. The second-order valence-corrected chi connectivity index (χ2v) is 5.41. The topological polar surface area (TPSA) is 80.5 Å². The maximum atomic E-state index is 11.2. The first-order chi connectivity index (χ1) is 8.90. The number of halogens is 1. The zero-order valence-electron chi connectivity index (χ0n) is 11.3. The average Bonchev–Trinajstić information content (AvgIpc) is 2.35. The zero-order chi connectivity index (χ0) is 14.6. The highest BCUT2D eigenvalue weighted by Crippen LogP contribution is 2.30. The highest BCUT2D eigenvalue weighted by Gasteiger charge is 2.26. The molecule has 0 aliphatic carbocycles. The number of ether oxygens (including phenoxy) is 1. The molecule has 0 spiro atoms. The summed E-state index contributed by atoms with van der Waals surface area (Å²) >= 11 is 1.97. The third kappa shape index (κ3) is 3.98. The fourth-order valence-electron chi connectivity index (χ4n) is 1.70. The molecule has 0 radical (unpaired) electrons. The van der Waals surface area contributed by atoms with E-state index in [0.29, 0.717) is 21.7 Å². The number of likely N-dealkylation sites (N-methyl/N-ethyl adjacent to an activating group) is 2. The Hall–Kier alpha value is -1.00. The van der Waals surface area contributed by atoms with Crippen LogP contribution in [-0.2, 0) is 0 Å². The molecule has 0 aromatic carbocycles. The summed E-state index contributed by atoms with van der Waals surface area (Å²) in [5.41, 5.74) is 0.393. The Labute approximate surface area is 125 Å². The van der Waals surface area contributed by atoms with Crippen molar-refractivity contribution in [3.63, 3.8) is 0 Å². The van der Waals surface area contributed by atoms with Crippen molar-refractivity contribution < 1.29 is 9.66 Å². The van der Waals surface area contributed by atoms with Crippen LogP contribution in [0.25, 0.3) is 0 Å². The second-order valence-electron chi connectivity index (χ2n) is 4.24. The smallest absolute Gasteiger partial charge is 0.293 e. The maximum absolute atomic E-state index is 11.2. The molecule has 1 heterocycles. The molecule has 1 unspecified atom stereocenters. The standard InChI is InChI=1S/C11H17IN4O3/c1-13-8(6-15(2)3)10-9(16(17)18)5-7(12)11(14-10)19-4/h5,8,13H,6H2,1-4H3. The van der Waals surface area contributed by atoms with E-state index in [1.807, 2.05) is 41.6 Å². The number of rotatable bonds is 6. The molecule has 0 fully saturated rings. The molecule has 0 aliphatic rings. The molecule has 8 heteroatoms. The molecule has 0 amide bonds. The molecule has 1 aromatic rings. The van der Waals surface area contributed by atoms with Gasteiger partial charge in [0.15, 0.2) is 0 Å². The number of hydrogen-bond acceptors (Lipinski definition) is 6. The van der Waals surface area contributed by atoms with Gasteiger partial charge in [-0.2, -0.15) is 0 Å². The molecule has 1 aromatic heterocycles. The highest BCUT2D eigenvalue weighted by molar-refractivity contribution is 14.1. The second kappa shape index (κ2) is 6.96. The Morgan fingerprint density at radius 2 is 2.26 bits per heavy atom. The zero-order valence-corrected chi connectivity index (χ0v) is 13.5. The van der Waals surface area contributed by atoms with Crippen LogP contribution in [-0.4, -0.2) is 49.6 Å². The van der Waals surface area contributed by atoms with Gasteiger partial charge >= 0.3 is 0 Å². The van der Waals surface area contributed by atoms with Gasteiger partial charge in [-0.05, 0) is 43.7 Å². The van der Waals surface area contributed by atoms with E-state index in [0.717, 1.165) is 0 Å². The number of pyridine rings is 1. The van der Waals surface area contributed by atoms with E-state index >= 15 is 0 Å². The number of nitro groups is 1. The van der Waals surface area contributed by atoms with E-state index in [4.69, 9.17) is 4.74 Å². The maximum Gasteiger partial charge on any atom is 0.293 e. The largest absolute Gasteiger partial charge is 0.480 e. The lowest BCUT2D eigenvalue weighted by molar-refractivity contribution is -0.386. The van der Waals surface area contributed by atoms with Crippen molar-refractivity contribution in [2.24, 2.45) is 0 Å². The van der Waals surface area contributed by atoms with Gasteiger partial charge in [0.25, 0.3) is 5.69 Å². The van der Waals surface area contributed by atoms with E-state index in [2.05, 4.69) is 10.3 Å². The molecule has 19 heavy (non-hydrogen) atoms. The van der Waals surface area contributed by atoms with Crippen LogP contribution >= 0.6 is 22.6 Å². The quantitative estimate of drug-likeness (QED) is 0.457. The van der Waals surface area contributed by atoms with Crippen molar-refractivity contribution in [2.75, 3.05) is 34.8 Å². The summed E-state index contributed by atoms with van der Waals surface area (Å²) in [6, 6.07) is 1.25. The minimum absolute atomic E-state index is 0.00593. The summed E-state index contributed by atoms with van der Waals surface area (Å²) in [5.74, 6) is 0.403. The first-order valence-corrected chi connectivity index (χ1v) is 6.69. The molecule has 7 nitrogen and oxygen atoms in total. The third-order valence-electron chi connectivity index (χ3n) is 2.57. The van der Waals surface area contributed by atoms with Crippen molar-refractivity contribution >= 4 is 28.3 Å². The number of hydrogen-bond donors (Lipinski definition) is 1. The molecule has 1 atom stereocenters. The molecular formula is C11H17IN4O3.